The summed E-state index contributed by atoms with van der Waals surface area (Å²) >= 11 is 0. The molecule has 0 aromatic heterocycles. The Morgan fingerprint density at radius 1 is 0.286 bits per heavy atom. The van der Waals surface area contributed by atoms with Crippen molar-refractivity contribution < 1.29 is 0 Å². The Labute approximate surface area is 307 Å². The van der Waals surface area contributed by atoms with Crippen molar-refractivity contribution in [3.05, 3.63) is 0 Å². The highest BCUT2D eigenvalue weighted by molar-refractivity contribution is 5.13. The maximum absolute atomic E-state index is 2.75. The van der Waals surface area contributed by atoms with E-state index in [9.17, 15) is 0 Å². The monoisotopic (exact) mass is 683 g/mol. The average Bonchev–Trinajstić information content (AvgIpc) is 3.32. The zero-order chi connectivity index (χ0) is 37.3. The third-order valence-corrected chi connectivity index (χ3v) is 17.6. The van der Waals surface area contributed by atoms with Crippen molar-refractivity contribution >= 4 is 0 Å². The van der Waals surface area contributed by atoms with E-state index < -0.39 is 0 Å². The lowest BCUT2D eigenvalue weighted by Crippen LogP contribution is -2.63. The fourth-order valence-corrected chi connectivity index (χ4v) is 14.5. The molecule has 0 N–H and O–H groups in total. The van der Waals surface area contributed by atoms with E-state index in [1.54, 1.807) is 0 Å². The van der Waals surface area contributed by atoms with Gasteiger partial charge in [0, 0.05) is 44.3 Å². The Kier molecular flexibility index (Phi) is 9.95. The van der Waals surface area contributed by atoms with Crippen LogP contribution >= 0.6 is 0 Å². The van der Waals surface area contributed by atoms with Gasteiger partial charge in [-0.3, -0.25) is 19.6 Å². The highest BCUT2D eigenvalue weighted by Gasteiger charge is 2.61. The van der Waals surface area contributed by atoms with E-state index in [1.165, 1.54) is 57.8 Å². The van der Waals surface area contributed by atoms with Gasteiger partial charge in [0.25, 0.3) is 0 Å². The minimum absolute atomic E-state index is 0.216. The molecule has 0 radical (unpaired) electrons. The second-order valence-electron chi connectivity index (χ2n) is 24.1. The molecule has 4 atom stereocenters. The van der Waals surface area contributed by atoms with Gasteiger partial charge in [0.05, 0.1) is 0 Å². The van der Waals surface area contributed by atoms with Crippen LogP contribution in [-0.2, 0) is 0 Å². The van der Waals surface area contributed by atoms with Crippen molar-refractivity contribution in [2.75, 3.05) is 28.2 Å². The minimum atomic E-state index is 0.216. The summed E-state index contributed by atoms with van der Waals surface area (Å²) in [6.45, 7) is 41.1. The molecule has 4 unspecified atom stereocenters. The van der Waals surface area contributed by atoms with Crippen LogP contribution in [-0.4, -0.2) is 92.1 Å². The van der Waals surface area contributed by atoms with Crippen LogP contribution < -0.4 is 0 Å². The smallest absolute Gasteiger partial charge is 0.0158 e. The summed E-state index contributed by atoms with van der Waals surface area (Å²) in [5, 5.41) is 0. The maximum atomic E-state index is 2.75. The molecule has 4 heteroatoms. The summed E-state index contributed by atoms with van der Waals surface area (Å²) in [5.74, 6) is 6.41. The Hall–Kier alpha value is -0.160. The first-order chi connectivity index (χ1) is 21.9. The van der Waals surface area contributed by atoms with Crippen molar-refractivity contribution in [1.82, 2.24) is 19.6 Å². The largest absolute Gasteiger partial charge is 0.296 e. The quantitative estimate of drug-likeness (QED) is 0.293. The van der Waals surface area contributed by atoms with Crippen LogP contribution in [0.25, 0.3) is 0 Å². The predicted octanol–water partition coefficient (Wildman–Crippen LogP) is 10.5. The fourth-order valence-electron chi connectivity index (χ4n) is 14.5. The highest BCUT2D eigenvalue weighted by atomic mass is 15.3. The molecule has 4 saturated heterocycles. The van der Waals surface area contributed by atoms with E-state index in [4.69, 9.17) is 0 Å². The van der Waals surface area contributed by atoms with Gasteiger partial charge in [-0.1, -0.05) is 0 Å². The van der Waals surface area contributed by atoms with E-state index in [-0.39, 0.29) is 44.3 Å². The number of nitrogens with zero attached hydrogens (tertiary/aromatic N) is 4. The molecule has 0 aromatic rings. The van der Waals surface area contributed by atoms with Crippen molar-refractivity contribution in [3.63, 3.8) is 0 Å². The molecule has 5 fully saturated rings. The number of rotatable bonds is 4. The first kappa shape index (κ1) is 40.0. The summed E-state index contributed by atoms with van der Waals surface area (Å²) in [7, 11) is 9.69. The Balaban J connectivity index is 1.69. The molecule has 0 bridgehead atoms. The fraction of sp³-hybridized carbons (Fsp3) is 1.00. The van der Waals surface area contributed by atoms with Gasteiger partial charge < -0.3 is 0 Å². The van der Waals surface area contributed by atoms with Gasteiger partial charge in [0.2, 0.25) is 0 Å². The first-order valence-electron chi connectivity index (χ1n) is 20.8. The third-order valence-electron chi connectivity index (χ3n) is 17.6. The molecule has 0 spiro atoms. The zero-order valence-corrected chi connectivity index (χ0v) is 36.8. The molecule has 0 aromatic carbocycles. The topological polar surface area (TPSA) is 13.0 Å². The average molecular weight is 683 g/mol. The van der Waals surface area contributed by atoms with Crippen LogP contribution in [0.1, 0.15) is 169 Å². The maximum Gasteiger partial charge on any atom is 0.0158 e. The number of piperidine rings is 4. The van der Waals surface area contributed by atoms with E-state index in [0.29, 0.717) is 0 Å². The summed E-state index contributed by atoms with van der Waals surface area (Å²) < 4.78 is 0. The van der Waals surface area contributed by atoms with Crippen LogP contribution in [0.3, 0.4) is 0 Å². The molecule has 0 amide bonds. The molecule has 286 valence electrons. The lowest BCUT2D eigenvalue weighted by molar-refractivity contribution is -0.103. The lowest BCUT2D eigenvalue weighted by Gasteiger charge is -2.60. The van der Waals surface area contributed by atoms with Crippen LogP contribution in [0.4, 0.5) is 0 Å². The molecule has 1 saturated carbocycles. The van der Waals surface area contributed by atoms with Crippen LogP contribution in [0, 0.1) is 47.3 Å². The van der Waals surface area contributed by atoms with E-state index >= 15 is 0 Å². The van der Waals surface area contributed by atoms with Gasteiger partial charge in [-0.15, -0.1) is 0 Å². The predicted molar refractivity (Wildman–Crippen MR) is 213 cm³/mol. The normalized spacial score (nSPS) is 38.9. The molecule has 4 heterocycles. The second kappa shape index (κ2) is 12.2. The first-order valence-corrected chi connectivity index (χ1v) is 20.8. The van der Waals surface area contributed by atoms with Crippen LogP contribution in [0.2, 0.25) is 0 Å². The number of hydrogen-bond acceptors (Lipinski definition) is 4. The van der Waals surface area contributed by atoms with Gasteiger partial charge in [0.1, 0.15) is 0 Å². The SMILES string of the molecule is CN1C(C)(C)CC(C2CC(C3CC(C)(C)N(C)C(C)(C)C3)C(C3CC(C)(C)N(C)C(C)(C)C3)C2C2CC(C)(C)N(C)C(C)(C)C2)CC1(C)C. The van der Waals surface area contributed by atoms with Crippen LogP contribution in [0.5, 0.6) is 0 Å². The molecule has 4 aliphatic heterocycles. The summed E-state index contributed by atoms with van der Waals surface area (Å²) in [6.07, 6.45) is 12.3. The third kappa shape index (κ3) is 7.00. The van der Waals surface area contributed by atoms with Gasteiger partial charge >= 0.3 is 0 Å². The van der Waals surface area contributed by atoms with E-state index in [1.807, 2.05) is 0 Å². The van der Waals surface area contributed by atoms with Crippen molar-refractivity contribution in [1.29, 1.82) is 0 Å². The molecular formula is C45H86N4. The van der Waals surface area contributed by atoms with Crippen molar-refractivity contribution in [2.45, 2.75) is 213 Å². The highest BCUT2D eigenvalue weighted by Crippen LogP contribution is 2.64. The number of likely N-dealkylation sites (tertiary alicyclic amines) is 4. The van der Waals surface area contributed by atoms with Gasteiger partial charge in [0.15, 0.2) is 0 Å². The molecular weight excluding hydrogens is 597 g/mol. The molecule has 5 aliphatic rings. The molecule has 5 rings (SSSR count). The second-order valence-corrected chi connectivity index (χ2v) is 24.1. The van der Waals surface area contributed by atoms with Gasteiger partial charge in [-0.05, 0) is 244 Å². The lowest BCUT2D eigenvalue weighted by atomic mass is 9.56. The standard InChI is InChI=1S/C45H86N4/c1-38(2)22-30(23-39(3,4)46(38)17)34-21-35(31-24-40(5,6)47(18)41(7,8)25-31)37(33-28-44(13,14)49(20)45(15,16)29-33)36(34)32-26-42(9,10)48(19)43(11,12)27-32/h30-37H,21-29H2,1-20H3. The Morgan fingerprint density at radius 3 is 0.633 bits per heavy atom. The molecule has 49 heavy (non-hydrogen) atoms. The van der Waals surface area contributed by atoms with E-state index in [2.05, 4.69) is 159 Å². The molecule has 4 nitrogen and oxygen atoms in total. The van der Waals surface area contributed by atoms with Gasteiger partial charge in [-0.2, -0.15) is 0 Å². The summed E-state index contributed by atoms with van der Waals surface area (Å²) in [4.78, 5) is 11.0. The van der Waals surface area contributed by atoms with Crippen molar-refractivity contribution in [2.24, 2.45) is 47.3 Å². The van der Waals surface area contributed by atoms with Crippen molar-refractivity contribution in [3.8, 4) is 0 Å². The van der Waals surface area contributed by atoms with E-state index in [0.717, 1.165) is 47.3 Å². The Bertz CT molecular complexity index is 1040. The summed E-state index contributed by atoms with van der Waals surface area (Å²) in [5.41, 5.74) is 1.77. The minimum Gasteiger partial charge on any atom is -0.296 e. The zero-order valence-electron chi connectivity index (χ0n) is 36.8. The molecule has 1 aliphatic carbocycles. The summed E-state index contributed by atoms with van der Waals surface area (Å²) in [6, 6.07) is 0. The Morgan fingerprint density at radius 2 is 0.449 bits per heavy atom. The van der Waals surface area contributed by atoms with Crippen LogP contribution in [0.15, 0.2) is 0 Å². The number of hydrogen-bond donors (Lipinski definition) is 0. The van der Waals surface area contributed by atoms with Gasteiger partial charge in [-0.25, -0.2) is 0 Å².